The minimum Gasteiger partial charge on any atom is -0.491 e. The maximum absolute atomic E-state index is 12.9. The second-order valence-electron chi connectivity index (χ2n) is 21.3. The van der Waals surface area contributed by atoms with Gasteiger partial charge in [0.1, 0.15) is 153 Å². The molecule has 34 nitrogen and oxygen atoms in total. The molecule has 1 aromatic carbocycles. The van der Waals surface area contributed by atoms with Gasteiger partial charge in [0.2, 0.25) is 5.91 Å². The highest BCUT2D eigenvalue weighted by atomic mass is 16.8. The third kappa shape index (κ3) is 15.6. The Hall–Kier alpha value is -3.23. The van der Waals surface area contributed by atoms with E-state index in [1.54, 1.807) is 0 Å². The van der Waals surface area contributed by atoms with Gasteiger partial charge >= 0.3 is 0 Å². The number of hydrogen-bond acceptors (Lipinski definition) is 32. The zero-order chi connectivity index (χ0) is 61.4. The lowest BCUT2D eigenvalue weighted by Gasteiger charge is -2.51. The molecule has 482 valence electrons. The van der Waals surface area contributed by atoms with Gasteiger partial charge in [0.25, 0.3) is 5.69 Å². The normalized spacial score (nSPS) is 44.8. The number of benzene rings is 1. The maximum Gasteiger partial charge on any atom is 0.269 e. The van der Waals surface area contributed by atoms with Crippen LogP contribution in [0.1, 0.15) is 46.5 Å². The van der Waals surface area contributed by atoms with E-state index < -0.39 is 228 Å². The van der Waals surface area contributed by atoms with E-state index in [-0.39, 0.29) is 18.0 Å². The SMILES string of the molecule is CCCCCCO[C@@H]1OC(COc2ccc([N+](=O)[O-])cc2)[C@@H](O[C@@H]2OC(CO)[C@H](O[C@H]3OC(CO)[C@H](O)[C@H](O[C@@H]4OC(CO)[C@H](O)[C@H](O[C@@H]5OC(CO)[C@H](O)[C@H](O)C5O[C@@H]5OC(C)[C@@H](O)[C@H](O)C5O)C4NC(C)=O)C3O)[C@H](O)C2O)[C@H](O)C1O. The molecule has 0 spiro atoms. The number of nitrogens with one attached hydrogen (secondary N) is 1. The van der Waals surface area contributed by atoms with E-state index in [1.807, 2.05) is 6.92 Å². The van der Waals surface area contributed by atoms with Crippen LogP contribution >= 0.6 is 0 Å². The number of aliphatic hydroxyl groups excluding tert-OH is 16. The van der Waals surface area contributed by atoms with Crippen LogP contribution in [0.4, 0.5) is 5.69 Å². The predicted molar refractivity (Wildman–Crippen MR) is 269 cm³/mol. The minimum absolute atomic E-state index is 0.117. The van der Waals surface area contributed by atoms with Gasteiger partial charge in [-0.05, 0) is 25.5 Å². The number of amides is 1. The Morgan fingerprint density at radius 1 is 0.500 bits per heavy atom. The van der Waals surface area contributed by atoms with Crippen molar-refractivity contribution < 1.29 is 153 Å². The summed E-state index contributed by atoms with van der Waals surface area (Å²) < 4.78 is 76.2. The van der Waals surface area contributed by atoms with E-state index in [2.05, 4.69) is 5.32 Å². The molecule has 6 heterocycles. The average molecular weight is 1220 g/mol. The van der Waals surface area contributed by atoms with Crippen LogP contribution in [0.2, 0.25) is 0 Å². The molecular formula is C50H80N2O32. The van der Waals surface area contributed by atoms with Crippen molar-refractivity contribution in [1.82, 2.24) is 5.32 Å². The fourth-order valence-corrected chi connectivity index (χ4v) is 10.5. The summed E-state index contributed by atoms with van der Waals surface area (Å²) in [6.45, 7) is -0.0516. The molecule has 0 aromatic heterocycles. The number of non-ortho nitro benzene ring substituents is 1. The number of aliphatic hydroxyl groups is 16. The summed E-state index contributed by atoms with van der Waals surface area (Å²) in [4.78, 5) is 23.5. The summed E-state index contributed by atoms with van der Waals surface area (Å²) in [6.07, 6.45) is -50.7. The third-order valence-corrected chi connectivity index (χ3v) is 15.3. The number of nitrogens with zero attached hydrogens (tertiary/aromatic N) is 1. The predicted octanol–water partition coefficient (Wildman–Crippen LogP) is -8.33. The molecule has 1 amide bonds. The summed E-state index contributed by atoms with van der Waals surface area (Å²) >= 11 is 0. The summed E-state index contributed by atoms with van der Waals surface area (Å²) in [5, 5.41) is 190. The van der Waals surface area contributed by atoms with E-state index in [0.717, 1.165) is 26.2 Å². The number of hydrogen-bond donors (Lipinski definition) is 17. The first-order chi connectivity index (χ1) is 40.0. The molecule has 12 unspecified atom stereocenters. The van der Waals surface area contributed by atoms with Gasteiger partial charge in [0, 0.05) is 25.7 Å². The second kappa shape index (κ2) is 30.8. The second-order valence-corrected chi connectivity index (χ2v) is 21.3. The zero-order valence-electron chi connectivity index (χ0n) is 45.8. The standard InChI is InChI=1S/C50H80N2O32/c1-4-5-6-7-12-72-46-37(67)34(64)41(26(79-46)17-73-21-10-8-20(9-11-21)52(70)71)81-48-38(68)35(65)40(25(16-56)78-48)80-49-39(69)43(31(61)24(15-55)76-49)83-45-27(51-19(3)57)42(30(60)23(14-54)75-45)82-50-44(33(63)29(59)22(13-53)77-50)84-47-36(66)32(62)28(58)18(2)74-47/h8-11,18,22-50,53-56,58-69H,4-7,12-17H2,1-3H3,(H,51,57)/t18?,22?,23?,24?,25?,26?,27?,28-,29+,30+,31+,32+,33+,34-,35-,36?,37?,38?,39?,40+,41-,42-,43+,44?,45+,46-,47+,48+,49-,50+/m1/s1. The van der Waals surface area contributed by atoms with Crippen molar-refractivity contribution in [3.05, 3.63) is 34.4 Å². The van der Waals surface area contributed by atoms with Gasteiger partial charge in [-0.2, -0.15) is 0 Å². The molecule has 34 heteroatoms. The number of nitro benzene ring substituents is 1. The number of nitro groups is 1. The highest BCUT2D eigenvalue weighted by Crippen LogP contribution is 2.38. The molecule has 6 aliphatic rings. The molecular weight excluding hydrogens is 1140 g/mol. The Morgan fingerprint density at radius 2 is 0.964 bits per heavy atom. The van der Waals surface area contributed by atoms with Crippen LogP contribution in [-0.4, -0.2) is 316 Å². The maximum atomic E-state index is 12.9. The van der Waals surface area contributed by atoms with E-state index >= 15 is 0 Å². The van der Waals surface area contributed by atoms with Crippen molar-refractivity contribution >= 4 is 11.6 Å². The monoisotopic (exact) mass is 1220 g/mol. The first-order valence-electron chi connectivity index (χ1n) is 27.5. The molecule has 7 rings (SSSR count). The quantitative estimate of drug-likeness (QED) is 0.0246. The van der Waals surface area contributed by atoms with Crippen LogP contribution in [-0.2, 0) is 61.6 Å². The van der Waals surface area contributed by atoms with Gasteiger partial charge in [-0.25, -0.2) is 0 Å². The van der Waals surface area contributed by atoms with Crippen LogP contribution in [0, 0.1) is 10.1 Å². The van der Waals surface area contributed by atoms with Crippen molar-refractivity contribution in [1.29, 1.82) is 0 Å². The topological polar surface area (TPSA) is 516 Å². The molecule has 1 aromatic rings. The Kier molecular flexibility index (Phi) is 25.0. The van der Waals surface area contributed by atoms with Gasteiger partial charge < -0.3 is 149 Å². The number of rotatable bonds is 25. The van der Waals surface area contributed by atoms with Gasteiger partial charge in [-0.15, -0.1) is 0 Å². The van der Waals surface area contributed by atoms with E-state index in [0.29, 0.717) is 6.42 Å². The highest BCUT2D eigenvalue weighted by molar-refractivity contribution is 5.73. The number of carbonyl (C=O) groups is 1. The number of unbranched alkanes of at least 4 members (excludes halogenated alkanes) is 3. The lowest BCUT2D eigenvalue weighted by Crippen LogP contribution is -2.70. The van der Waals surface area contributed by atoms with Crippen LogP contribution in [0.5, 0.6) is 5.75 Å². The lowest BCUT2D eigenvalue weighted by atomic mass is 9.94. The summed E-state index contributed by atoms with van der Waals surface area (Å²) in [6, 6.07) is 3.13. The van der Waals surface area contributed by atoms with Crippen molar-refractivity contribution in [3.63, 3.8) is 0 Å². The molecule has 6 fully saturated rings. The first kappa shape index (κ1) is 68.3. The van der Waals surface area contributed by atoms with Gasteiger partial charge in [0.05, 0.1) is 37.5 Å². The summed E-state index contributed by atoms with van der Waals surface area (Å²) in [5.74, 6) is -0.752. The Labute approximate surface area is 479 Å². The van der Waals surface area contributed by atoms with E-state index in [4.69, 9.17) is 61.6 Å². The van der Waals surface area contributed by atoms with Gasteiger partial charge in [0.15, 0.2) is 37.7 Å². The summed E-state index contributed by atoms with van der Waals surface area (Å²) in [7, 11) is 0. The third-order valence-electron chi connectivity index (χ3n) is 15.3. The van der Waals surface area contributed by atoms with Crippen molar-refractivity contribution in [3.8, 4) is 5.75 Å². The number of ether oxygens (including phenoxy) is 13. The smallest absolute Gasteiger partial charge is 0.269 e. The fourth-order valence-electron chi connectivity index (χ4n) is 10.5. The van der Waals surface area contributed by atoms with Crippen LogP contribution in [0.25, 0.3) is 0 Å². The zero-order valence-corrected chi connectivity index (χ0v) is 45.8. The van der Waals surface area contributed by atoms with Gasteiger partial charge in [-0.1, -0.05) is 26.2 Å². The molecule has 0 saturated carbocycles. The van der Waals surface area contributed by atoms with E-state index in [1.165, 1.54) is 31.2 Å². The molecule has 6 aliphatic heterocycles. The van der Waals surface area contributed by atoms with Crippen molar-refractivity contribution in [2.24, 2.45) is 0 Å². The Morgan fingerprint density at radius 3 is 1.56 bits per heavy atom. The Balaban J connectivity index is 1.09. The largest absolute Gasteiger partial charge is 0.491 e. The molecule has 84 heavy (non-hydrogen) atoms. The summed E-state index contributed by atoms with van der Waals surface area (Å²) in [5.41, 5.74) is -0.237. The Bertz CT molecular complexity index is 2180. The number of carbonyl (C=O) groups excluding carboxylic acids is 1. The minimum atomic E-state index is -2.24. The molecule has 17 N–H and O–H groups in total. The van der Waals surface area contributed by atoms with Gasteiger partial charge in [-0.3, -0.25) is 14.9 Å². The van der Waals surface area contributed by atoms with Crippen LogP contribution < -0.4 is 10.1 Å². The molecule has 0 aliphatic carbocycles. The molecule has 6 saturated heterocycles. The average Bonchev–Trinajstić information content (AvgIpc) is 3.35. The molecule has 30 atom stereocenters. The fraction of sp³-hybridized carbons (Fsp3) is 0.860. The van der Waals surface area contributed by atoms with Crippen molar-refractivity contribution in [2.75, 3.05) is 39.6 Å². The molecule has 0 bridgehead atoms. The first-order valence-corrected chi connectivity index (χ1v) is 27.5. The van der Waals surface area contributed by atoms with Crippen LogP contribution in [0.3, 0.4) is 0 Å². The molecule has 0 radical (unpaired) electrons. The van der Waals surface area contributed by atoms with Crippen LogP contribution in [0.15, 0.2) is 24.3 Å². The lowest BCUT2D eigenvalue weighted by molar-refractivity contribution is -0.393. The highest BCUT2D eigenvalue weighted by Gasteiger charge is 2.58. The van der Waals surface area contributed by atoms with E-state index in [9.17, 15) is 96.6 Å². The van der Waals surface area contributed by atoms with Crippen molar-refractivity contribution in [2.45, 2.75) is 231 Å².